The van der Waals surface area contributed by atoms with Gasteiger partial charge in [-0.05, 0) is 38.0 Å². The van der Waals surface area contributed by atoms with E-state index in [4.69, 9.17) is 4.74 Å². The van der Waals surface area contributed by atoms with Crippen LogP contribution in [0.15, 0.2) is 0 Å². The normalized spacial score (nSPS) is 37.7. The van der Waals surface area contributed by atoms with Crippen molar-refractivity contribution in [3.63, 3.8) is 0 Å². The molecule has 4 fully saturated rings. The van der Waals surface area contributed by atoms with Gasteiger partial charge in [0.25, 0.3) is 0 Å². The summed E-state index contributed by atoms with van der Waals surface area (Å²) in [5, 5.41) is 3.17. The van der Waals surface area contributed by atoms with Gasteiger partial charge in [0.05, 0.1) is 17.5 Å². The van der Waals surface area contributed by atoms with Crippen LogP contribution in [-0.4, -0.2) is 60.7 Å². The molecule has 5 heteroatoms. The lowest BCUT2D eigenvalue weighted by Crippen LogP contribution is -2.42. The number of thioether (sulfide) groups is 1. The Hall–Kier alpha value is -0.260. The maximum Gasteiger partial charge on any atom is 0.229 e. The molecule has 1 N–H and O–H groups in total. The van der Waals surface area contributed by atoms with Crippen LogP contribution in [-0.2, 0) is 9.53 Å². The molecule has 4 aliphatic rings. The molecule has 0 unspecified atom stereocenters. The average Bonchev–Trinajstić information content (AvgIpc) is 3.20. The molecule has 3 heterocycles. The Balaban J connectivity index is 1.29. The number of nitrogens with one attached hydrogen (secondary N) is 1. The number of ether oxygens (including phenoxy) is 1. The van der Waals surface area contributed by atoms with Crippen LogP contribution in [0.1, 0.15) is 57.8 Å². The van der Waals surface area contributed by atoms with Gasteiger partial charge in [0.15, 0.2) is 0 Å². The molecule has 0 aromatic heterocycles. The zero-order valence-corrected chi connectivity index (χ0v) is 17.2. The first-order chi connectivity index (χ1) is 12.7. The first-order valence-electron chi connectivity index (χ1n) is 10.9. The lowest BCUT2D eigenvalue weighted by Gasteiger charge is -2.29. The van der Waals surface area contributed by atoms with E-state index in [2.05, 4.69) is 10.2 Å². The van der Waals surface area contributed by atoms with E-state index >= 15 is 0 Å². The third-order valence-corrected chi connectivity index (χ3v) is 8.04. The quantitative estimate of drug-likeness (QED) is 0.688. The Bertz CT molecular complexity index is 494. The van der Waals surface area contributed by atoms with Crippen LogP contribution in [0.3, 0.4) is 0 Å². The molecule has 0 radical (unpaired) electrons. The summed E-state index contributed by atoms with van der Waals surface area (Å²) in [5.74, 6) is 2.86. The highest BCUT2D eigenvalue weighted by Crippen LogP contribution is 2.54. The van der Waals surface area contributed by atoms with Crippen LogP contribution in [0.2, 0.25) is 0 Å². The molecule has 26 heavy (non-hydrogen) atoms. The minimum absolute atomic E-state index is 0.114. The number of fused-ring (bicyclic) bond motifs is 1. The second-order valence-electron chi connectivity index (χ2n) is 9.15. The lowest BCUT2D eigenvalue weighted by atomic mass is 9.73. The molecule has 3 saturated heterocycles. The van der Waals surface area contributed by atoms with E-state index in [0.29, 0.717) is 23.7 Å². The van der Waals surface area contributed by atoms with E-state index in [1.807, 2.05) is 6.26 Å². The molecule has 1 saturated carbocycles. The van der Waals surface area contributed by atoms with Crippen molar-refractivity contribution in [2.45, 2.75) is 69.5 Å². The zero-order chi connectivity index (χ0) is 18.0. The highest BCUT2D eigenvalue weighted by molar-refractivity contribution is 7.99. The van der Waals surface area contributed by atoms with Gasteiger partial charge < -0.3 is 15.0 Å². The summed E-state index contributed by atoms with van der Waals surface area (Å²) in [6.07, 6.45) is 14.9. The molecule has 1 aliphatic carbocycles. The highest BCUT2D eigenvalue weighted by Gasteiger charge is 2.62. The van der Waals surface area contributed by atoms with Crippen molar-refractivity contribution in [1.82, 2.24) is 10.2 Å². The van der Waals surface area contributed by atoms with Gasteiger partial charge in [-0.1, -0.05) is 38.5 Å². The van der Waals surface area contributed by atoms with Crippen molar-refractivity contribution in [2.75, 3.05) is 38.2 Å². The predicted octanol–water partition coefficient (Wildman–Crippen LogP) is 3.31. The Labute approximate surface area is 163 Å². The van der Waals surface area contributed by atoms with Crippen LogP contribution in [0, 0.1) is 17.8 Å². The monoisotopic (exact) mass is 380 g/mol. The number of carbonyl (C=O) groups is 1. The van der Waals surface area contributed by atoms with E-state index in [1.54, 1.807) is 11.8 Å². The molecule has 4 nitrogen and oxygen atoms in total. The molecule has 148 valence electrons. The van der Waals surface area contributed by atoms with Crippen LogP contribution >= 0.6 is 11.8 Å². The second-order valence-corrected chi connectivity index (χ2v) is 10.0. The second kappa shape index (κ2) is 8.40. The van der Waals surface area contributed by atoms with Crippen molar-refractivity contribution in [2.24, 2.45) is 17.8 Å². The van der Waals surface area contributed by atoms with Crippen LogP contribution in [0.4, 0.5) is 0 Å². The molecule has 2 bridgehead atoms. The molecule has 1 amide bonds. The van der Waals surface area contributed by atoms with Crippen molar-refractivity contribution >= 4 is 17.7 Å². The zero-order valence-electron chi connectivity index (χ0n) is 16.4. The predicted molar refractivity (Wildman–Crippen MR) is 107 cm³/mol. The molecule has 4 rings (SSSR count). The first-order valence-corrected chi connectivity index (χ1v) is 12.3. The summed E-state index contributed by atoms with van der Waals surface area (Å²) in [4.78, 5) is 14.6. The minimum Gasteiger partial charge on any atom is -0.370 e. The van der Waals surface area contributed by atoms with Gasteiger partial charge >= 0.3 is 0 Å². The molecular weight excluding hydrogens is 344 g/mol. The van der Waals surface area contributed by atoms with Gasteiger partial charge in [-0.2, -0.15) is 11.8 Å². The maximum atomic E-state index is 11.9. The largest absolute Gasteiger partial charge is 0.370 e. The van der Waals surface area contributed by atoms with Crippen molar-refractivity contribution in [3.05, 3.63) is 0 Å². The Morgan fingerprint density at radius 3 is 2.81 bits per heavy atom. The summed E-state index contributed by atoms with van der Waals surface area (Å²) in [5.41, 5.74) is 0.114. The van der Waals surface area contributed by atoms with E-state index in [-0.39, 0.29) is 11.5 Å². The third-order valence-electron chi connectivity index (χ3n) is 7.49. The van der Waals surface area contributed by atoms with E-state index < -0.39 is 0 Å². The molecule has 0 aromatic carbocycles. The number of likely N-dealkylation sites (tertiary alicyclic amines) is 1. The number of hydrogen-bond donors (Lipinski definition) is 1. The Morgan fingerprint density at radius 2 is 2.04 bits per heavy atom. The van der Waals surface area contributed by atoms with Crippen LogP contribution in [0.5, 0.6) is 0 Å². The summed E-state index contributed by atoms with van der Waals surface area (Å²) in [6, 6.07) is 0. The minimum atomic E-state index is 0.114. The molecule has 3 aliphatic heterocycles. The molecule has 1 spiro atoms. The first kappa shape index (κ1) is 19.1. The van der Waals surface area contributed by atoms with Gasteiger partial charge in [0.2, 0.25) is 5.91 Å². The Morgan fingerprint density at radius 1 is 1.23 bits per heavy atom. The molecule has 0 aromatic rings. The topological polar surface area (TPSA) is 41.6 Å². The fraction of sp³-hybridized carbons (Fsp3) is 0.952. The summed E-state index contributed by atoms with van der Waals surface area (Å²) < 4.78 is 6.53. The van der Waals surface area contributed by atoms with Gasteiger partial charge in [0, 0.05) is 31.5 Å². The van der Waals surface area contributed by atoms with E-state index in [9.17, 15) is 4.79 Å². The van der Waals surface area contributed by atoms with Gasteiger partial charge in [-0.3, -0.25) is 4.79 Å². The van der Waals surface area contributed by atoms with Crippen molar-refractivity contribution in [1.29, 1.82) is 0 Å². The summed E-state index contributed by atoms with van der Waals surface area (Å²) >= 11 is 1.60. The Kier molecular flexibility index (Phi) is 6.16. The fourth-order valence-corrected chi connectivity index (χ4v) is 6.53. The van der Waals surface area contributed by atoms with Crippen molar-refractivity contribution < 1.29 is 9.53 Å². The van der Waals surface area contributed by atoms with Gasteiger partial charge in [0.1, 0.15) is 0 Å². The maximum absolute atomic E-state index is 11.9. The van der Waals surface area contributed by atoms with Crippen LogP contribution in [0.25, 0.3) is 0 Å². The third kappa shape index (κ3) is 3.95. The number of rotatable bonds is 7. The highest BCUT2D eigenvalue weighted by atomic mass is 32.2. The smallest absolute Gasteiger partial charge is 0.229 e. The van der Waals surface area contributed by atoms with Crippen LogP contribution < -0.4 is 5.32 Å². The van der Waals surface area contributed by atoms with E-state index in [0.717, 1.165) is 19.0 Å². The van der Waals surface area contributed by atoms with Gasteiger partial charge in [-0.15, -0.1) is 0 Å². The van der Waals surface area contributed by atoms with Crippen molar-refractivity contribution in [3.8, 4) is 0 Å². The number of hydrogen-bond acceptors (Lipinski definition) is 4. The number of amides is 1. The van der Waals surface area contributed by atoms with E-state index in [1.165, 1.54) is 70.9 Å². The number of nitrogens with zero attached hydrogens (tertiary/aromatic N) is 1. The van der Waals surface area contributed by atoms with Gasteiger partial charge in [-0.25, -0.2) is 0 Å². The fourth-order valence-electron chi connectivity index (χ4n) is 6.16. The molecule has 4 atom stereocenters. The molecular formula is C21H36N2O2S. The standard InChI is InChI=1S/C21H36N2O2S/c1-26-14-20(24)22-12-17-18-13-23(15-21(18)10-8-19(17)25-21)11-9-16-6-4-2-3-5-7-16/h16-19H,2-15H2,1H3,(H,22,24)/t17-,18+,19+,21+/m0/s1. The average molecular weight is 381 g/mol. The summed E-state index contributed by atoms with van der Waals surface area (Å²) in [6.45, 7) is 4.39. The SMILES string of the molecule is CSCC(=O)NC[C@H]1[C@H]2CN(CCC3CCCCCC3)C[C@]23CC[C@H]1O3. The number of carbonyl (C=O) groups excluding carboxylic acids is 1. The lowest BCUT2D eigenvalue weighted by molar-refractivity contribution is -0.118. The summed E-state index contributed by atoms with van der Waals surface area (Å²) in [7, 11) is 0.